The molecule has 0 saturated carbocycles. The zero-order valence-electron chi connectivity index (χ0n) is 14.4. The zero-order valence-corrected chi connectivity index (χ0v) is 15.2. The van der Waals surface area contributed by atoms with Gasteiger partial charge in [0.15, 0.2) is 0 Å². The minimum atomic E-state index is -0.111. The monoisotopic (exact) mass is 357 g/mol. The van der Waals surface area contributed by atoms with Crippen molar-refractivity contribution in [3.8, 4) is 0 Å². The van der Waals surface area contributed by atoms with Crippen LogP contribution in [0, 0.1) is 5.92 Å². The highest BCUT2D eigenvalue weighted by Gasteiger charge is 2.24. The number of anilines is 1. The van der Waals surface area contributed by atoms with Crippen LogP contribution in [0.3, 0.4) is 0 Å². The molecular formula is C20H24ClN3O. The number of halogens is 1. The second kappa shape index (κ2) is 8.37. The summed E-state index contributed by atoms with van der Waals surface area (Å²) in [6.45, 7) is 0.924. The quantitative estimate of drug-likeness (QED) is 0.866. The molecule has 5 heteroatoms. The van der Waals surface area contributed by atoms with E-state index in [1.807, 2.05) is 18.2 Å². The van der Waals surface area contributed by atoms with Gasteiger partial charge in [0.2, 0.25) is 0 Å². The molecule has 3 rings (SSSR count). The number of hydrogen-bond acceptors (Lipinski definition) is 2. The lowest BCUT2D eigenvalue weighted by molar-refractivity contribution is 0.226. The van der Waals surface area contributed by atoms with Crippen molar-refractivity contribution in [2.75, 3.05) is 18.5 Å². The number of benzene rings is 2. The van der Waals surface area contributed by atoms with Crippen LogP contribution in [0.25, 0.3) is 0 Å². The summed E-state index contributed by atoms with van der Waals surface area (Å²) < 4.78 is 0. The van der Waals surface area contributed by atoms with Gasteiger partial charge < -0.3 is 5.32 Å². The molecule has 1 saturated heterocycles. The fourth-order valence-electron chi connectivity index (χ4n) is 3.27. The number of rotatable bonds is 4. The van der Waals surface area contributed by atoms with Crippen molar-refractivity contribution in [1.29, 1.82) is 0 Å². The Morgan fingerprint density at radius 3 is 2.64 bits per heavy atom. The highest BCUT2D eigenvalue weighted by atomic mass is 35.5. The first-order valence-electron chi connectivity index (χ1n) is 8.69. The van der Waals surface area contributed by atoms with Crippen molar-refractivity contribution in [2.45, 2.75) is 25.4 Å². The summed E-state index contributed by atoms with van der Waals surface area (Å²) in [6.07, 6.45) is 3.13. The minimum Gasteiger partial charge on any atom is -0.322 e. The fourth-order valence-corrected chi connectivity index (χ4v) is 3.39. The summed E-state index contributed by atoms with van der Waals surface area (Å²) in [5, 5.41) is 7.15. The van der Waals surface area contributed by atoms with Gasteiger partial charge >= 0.3 is 6.03 Å². The van der Waals surface area contributed by atoms with E-state index in [0.717, 1.165) is 31.5 Å². The van der Waals surface area contributed by atoms with E-state index < -0.39 is 0 Å². The van der Waals surface area contributed by atoms with Crippen LogP contribution in [0.2, 0.25) is 5.02 Å². The second-order valence-electron chi connectivity index (χ2n) is 6.57. The highest BCUT2D eigenvalue weighted by Crippen LogP contribution is 2.21. The molecule has 1 heterocycles. The smallest absolute Gasteiger partial charge is 0.322 e. The molecular weight excluding hydrogens is 334 g/mol. The lowest BCUT2D eigenvalue weighted by Gasteiger charge is -2.32. The first-order chi connectivity index (χ1) is 12.1. The average Bonchev–Trinajstić information content (AvgIpc) is 2.63. The van der Waals surface area contributed by atoms with Gasteiger partial charge in [-0.1, -0.05) is 41.9 Å². The third-order valence-corrected chi connectivity index (χ3v) is 4.95. The number of nitrogens with zero attached hydrogens (tertiary/aromatic N) is 1. The van der Waals surface area contributed by atoms with Crippen LogP contribution < -0.4 is 15.5 Å². The van der Waals surface area contributed by atoms with Crippen molar-refractivity contribution >= 4 is 23.3 Å². The molecule has 132 valence electrons. The van der Waals surface area contributed by atoms with Crippen LogP contribution in [-0.2, 0) is 6.42 Å². The molecule has 2 N–H and O–H groups in total. The van der Waals surface area contributed by atoms with Gasteiger partial charge in [-0.2, -0.15) is 0 Å². The Bertz CT molecular complexity index is 690. The average molecular weight is 358 g/mol. The Labute approximate surface area is 154 Å². The van der Waals surface area contributed by atoms with Gasteiger partial charge in [-0.25, -0.2) is 4.79 Å². The molecule has 0 spiro atoms. The molecule has 0 radical (unpaired) electrons. The van der Waals surface area contributed by atoms with Gasteiger partial charge in [0.1, 0.15) is 0 Å². The van der Waals surface area contributed by atoms with E-state index in [1.165, 1.54) is 5.56 Å². The van der Waals surface area contributed by atoms with E-state index in [1.54, 1.807) is 24.1 Å². The molecule has 1 fully saturated rings. The summed E-state index contributed by atoms with van der Waals surface area (Å²) in [5.74, 6) is 0.579. The van der Waals surface area contributed by atoms with Crippen molar-refractivity contribution < 1.29 is 4.79 Å². The Morgan fingerprint density at radius 1 is 1.20 bits per heavy atom. The molecule has 2 amide bonds. The van der Waals surface area contributed by atoms with Gasteiger partial charge in [0.25, 0.3) is 0 Å². The maximum atomic E-state index is 12.5. The summed E-state index contributed by atoms with van der Waals surface area (Å²) in [5.41, 5.74) is 2.18. The second-order valence-corrected chi connectivity index (χ2v) is 7.01. The van der Waals surface area contributed by atoms with E-state index in [-0.39, 0.29) is 12.2 Å². The molecule has 0 bridgehead atoms. The lowest BCUT2D eigenvalue weighted by Crippen LogP contribution is -2.53. The van der Waals surface area contributed by atoms with E-state index >= 15 is 0 Å². The Hall–Kier alpha value is -2.04. The van der Waals surface area contributed by atoms with E-state index in [0.29, 0.717) is 10.9 Å². The van der Waals surface area contributed by atoms with Crippen LogP contribution in [0.15, 0.2) is 54.6 Å². The first kappa shape index (κ1) is 17.8. The standard InChI is InChI=1S/C20H24ClN3O/c1-24(18-9-7-17(21)8-10-18)20(25)23-19-14-16(11-12-22-19)13-15-5-3-2-4-6-15/h2-10,16,19,22H,11-14H2,1H3,(H,23,25)/t16-,19-/m0/s1. The van der Waals surface area contributed by atoms with E-state index in [4.69, 9.17) is 11.6 Å². The number of hydrogen-bond donors (Lipinski definition) is 2. The van der Waals surface area contributed by atoms with Crippen LogP contribution in [0.5, 0.6) is 0 Å². The molecule has 0 aliphatic carbocycles. The van der Waals surface area contributed by atoms with Crippen molar-refractivity contribution in [3.05, 3.63) is 65.2 Å². The maximum Gasteiger partial charge on any atom is 0.322 e. The third-order valence-electron chi connectivity index (χ3n) is 4.70. The Kier molecular flexibility index (Phi) is 5.95. The lowest BCUT2D eigenvalue weighted by atomic mass is 9.89. The van der Waals surface area contributed by atoms with Crippen molar-refractivity contribution in [3.63, 3.8) is 0 Å². The largest absolute Gasteiger partial charge is 0.322 e. The van der Waals surface area contributed by atoms with Gasteiger partial charge in [-0.3, -0.25) is 10.2 Å². The minimum absolute atomic E-state index is 0.00436. The number of piperidine rings is 1. The molecule has 4 nitrogen and oxygen atoms in total. The van der Waals surface area contributed by atoms with E-state index in [2.05, 4.69) is 34.9 Å². The molecule has 2 aromatic rings. The topological polar surface area (TPSA) is 44.4 Å². The van der Waals surface area contributed by atoms with Crippen LogP contribution in [0.1, 0.15) is 18.4 Å². The summed E-state index contributed by atoms with van der Waals surface area (Å²) >= 11 is 5.91. The number of carbonyl (C=O) groups excluding carboxylic acids is 1. The molecule has 25 heavy (non-hydrogen) atoms. The molecule has 0 aromatic heterocycles. The van der Waals surface area contributed by atoms with Crippen LogP contribution in [-0.4, -0.2) is 25.8 Å². The maximum absolute atomic E-state index is 12.5. The molecule has 0 unspecified atom stereocenters. The Morgan fingerprint density at radius 2 is 1.92 bits per heavy atom. The third kappa shape index (κ3) is 4.97. The SMILES string of the molecule is CN(C(=O)N[C@H]1C[C@H](Cc2ccccc2)CCN1)c1ccc(Cl)cc1. The number of amides is 2. The number of urea groups is 1. The number of nitrogens with one attached hydrogen (secondary N) is 2. The van der Waals surface area contributed by atoms with Crippen molar-refractivity contribution in [2.24, 2.45) is 5.92 Å². The van der Waals surface area contributed by atoms with Gasteiger partial charge in [-0.15, -0.1) is 0 Å². The van der Waals surface area contributed by atoms with Crippen LogP contribution in [0.4, 0.5) is 10.5 Å². The number of carbonyl (C=O) groups is 1. The zero-order chi connectivity index (χ0) is 17.6. The predicted octanol–water partition coefficient (Wildman–Crippen LogP) is 4.05. The highest BCUT2D eigenvalue weighted by molar-refractivity contribution is 6.30. The molecule has 1 aliphatic heterocycles. The summed E-state index contributed by atoms with van der Waals surface area (Å²) in [7, 11) is 1.77. The predicted molar refractivity (Wildman–Crippen MR) is 103 cm³/mol. The van der Waals surface area contributed by atoms with Gasteiger partial charge in [0, 0.05) is 17.8 Å². The summed E-state index contributed by atoms with van der Waals surface area (Å²) in [4.78, 5) is 14.1. The van der Waals surface area contributed by atoms with E-state index in [9.17, 15) is 4.79 Å². The molecule has 1 aliphatic rings. The van der Waals surface area contributed by atoms with Crippen molar-refractivity contribution in [1.82, 2.24) is 10.6 Å². The normalized spacial score (nSPS) is 20.1. The van der Waals surface area contributed by atoms with Gasteiger partial charge in [-0.05, 0) is 61.6 Å². The first-order valence-corrected chi connectivity index (χ1v) is 9.06. The molecule has 2 atom stereocenters. The summed E-state index contributed by atoms with van der Waals surface area (Å²) in [6, 6.07) is 17.7. The molecule has 2 aromatic carbocycles. The Balaban J connectivity index is 1.54. The van der Waals surface area contributed by atoms with Gasteiger partial charge in [0.05, 0.1) is 6.17 Å². The fraction of sp³-hybridized carbons (Fsp3) is 0.350. The van der Waals surface area contributed by atoms with Crippen LogP contribution >= 0.6 is 11.6 Å².